The third kappa shape index (κ3) is 3.50. The van der Waals surface area contributed by atoms with Gasteiger partial charge in [0.15, 0.2) is 0 Å². The summed E-state index contributed by atoms with van der Waals surface area (Å²) in [7, 11) is 0. The maximum absolute atomic E-state index is 13.2. The van der Waals surface area contributed by atoms with Gasteiger partial charge in [0, 0.05) is 23.7 Å². The average molecular weight is 320 g/mol. The molecule has 118 valence electrons. The SMILES string of the molecule is O=C(Nc1cc(F)cc(F)c1)[C@H]1CC(c2cccc(F)c2)=NO1. The monoisotopic (exact) mass is 320 g/mol. The Labute approximate surface area is 129 Å². The van der Waals surface area contributed by atoms with Gasteiger partial charge in [0.05, 0.1) is 5.71 Å². The van der Waals surface area contributed by atoms with E-state index in [-0.39, 0.29) is 12.1 Å². The summed E-state index contributed by atoms with van der Waals surface area (Å²) in [6.45, 7) is 0. The smallest absolute Gasteiger partial charge is 0.268 e. The molecule has 0 bridgehead atoms. The van der Waals surface area contributed by atoms with Crippen molar-refractivity contribution in [1.29, 1.82) is 0 Å². The Morgan fingerprint density at radius 3 is 2.52 bits per heavy atom. The molecule has 1 heterocycles. The third-order valence-electron chi connectivity index (χ3n) is 3.25. The van der Waals surface area contributed by atoms with E-state index in [0.29, 0.717) is 17.3 Å². The minimum Gasteiger partial charge on any atom is -0.382 e. The lowest BCUT2D eigenvalue weighted by molar-refractivity contribution is -0.125. The molecule has 1 N–H and O–H groups in total. The molecule has 7 heteroatoms. The van der Waals surface area contributed by atoms with E-state index in [0.717, 1.165) is 12.1 Å². The summed E-state index contributed by atoms with van der Waals surface area (Å²) in [4.78, 5) is 17.1. The van der Waals surface area contributed by atoms with Crippen LogP contribution in [0.25, 0.3) is 0 Å². The second kappa shape index (κ2) is 6.12. The van der Waals surface area contributed by atoms with Crippen molar-refractivity contribution >= 4 is 17.3 Å². The van der Waals surface area contributed by atoms with Gasteiger partial charge in [-0.2, -0.15) is 0 Å². The summed E-state index contributed by atoms with van der Waals surface area (Å²) in [5, 5.41) is 6.12. The van der Waals surface area contributed by atoms with Gasteiger partial charge in [0.25, 0.3) is 5.91 Å². The lowest BCUT2D eigenvalue weighted by Crippen LogP contribution is -2.28. The number of carbonyl (C=O) groups is 1. The van der Waals surface area contributed by atoms with Crippen LogP contribution < -0.4 is 5.32 Å². The van der Waals surface area contributed by atoms with Gasteiger partial charge >= 0.3 is 0 Å². The molecule has 0 radical (unpaired) electrons. The first kappa shape index (κ1) is 15.1. The van der Waals surface area contributed by atoms with Crippen molar-refractivity contribution in [2.24, 2.45) is 5.16 Å². The molecule has 23 heavy (non-hydrogen) atoms. The fourth-order valence-electron chi connectivity index (χ4n) is 2.21. The summed E-state index contributed by atoms with van der Waals surface area (Å²) in [6, 6.07) is 8.43. The summed E-state index contributed by atoms with van der Waals surface area (Å²) in [5.74, 6) is -2.62. The van der Waals surface area contributed by atoms with E-state index < -0.39 is 29.5 Å². The Bertz CT molecular complexity index is 772. The third-order valence-corrected chi connectivity index (χ3v) is 3.25. The van der Waals surface area contributed by atoms with Crippen LogP contribution in [0, 0.1) is 17.5 Å². The van der Waals surface area contributed by atoms with Crippen molar-refractivity contribution in [3.8, 4) is 0 Å². The molecule has 0 aromatic heterocycles. The van der Waals surface area contributed by atoms with E-state index >= 15 is 0 Å². The highest BCUT2D eigenvalue weighted by atomic mass is 19.1. The van der Waals surface area contributed by atoms with Crippen molar-refractivity contribution in [3.05, 3.63) is 65.5 Å². The van der Waals surface area contributed by atoms with Crippen molar-refractivity contribution in [3.63, 3.8) is 0 Å². The highest BCUT2D eigenvalue weighted by molar-refractivity contribution is 6.06. The predicted octanol–water partition coefficient (Wildman–Crippen LogP) is 3.24. The molecular formula is C16H11F3N2O2. The lowest BCUT2D eigenvalue weighted by Gasteiger charge is -2.09. The summed E-state index contributed by atoms with van der Waals surface area (Å²) in [6.07, 6.45) is -0.813. The van der Waals surface area contributed by atoms with Gasteiger partial charge in [-0.15, -0.1) is 0 Å². The van der Waals surface area contributed by atoms with Gasteiger partial charge in [-0.05, 0) is 24.3 Å². The number of anilines is 1. The zero-order chi connectivity index (χ0) is 16.4. The van der Waals surface area contributed by atoms with Crippen molar-refractivity contribution in [2.75, 3.05) is 5.32 Å². The Morgan fingerprint density at radius 1 is 1.09 bits per heavy atom. The van der Waals surface area contributed by atoms with Crippen LogP contribution in [0.4, 0.5) is 18.9 Å². The minimum atomic E-state index is -0.945. The Morgan fingerprint density at radius 2 is 1.83 bits per heavy atom. The number of amides is 1. The number of benzene rings is 2. The van der Waals surface area contributed by atoms with Gasteiger partial charge in [0.1, 0.15) is 17.5 Å². The molecule has 1 aliphatic rings. The van der Waals surface area contributed by atoms with Crippen LogP contribution in [0.15, 0.2) is 47.6 Å². The molecule has 0 spiro atoms. The molecule has 1 amide bonds. The van der Waals surface area contributed by atoms with E-state index in [1.54, 1.807) is 6.07 Å². The number of rotatable bonds is 3. The van der Waals surface area contributed by atoms with E-state index in [2.05, 4.69) is 10.5 Å². The van der Waals surface area contributed by atoms with Gasteiger partial charge < -0.3 is 10.2 Å². The van der Waals surface area contributed by atoms with Crippen LogP contribution >= 0.6 is 0 Å². The first-order valence-electron chi connectivity index (χ1n) is 6.77. The van der Waals surface area contributed by atoms with Gasteiger partial charge in [-0.3, -0.25) is 4.79 Å². The zero-order valence-electron chi connectivity index (χ0n) is 11.7. The average Bonchev–Trinajstić information content (AvgIpc) is 2.96. The number of nitrogens with zero attached hydrogens (tertiary/aromatic N) is 1. The molecule has 4 nitrogen and oxygen atoms in total. The molecule has 0 unspecified atom stereocenters. The van der Waals surface area contributed by atoms with Gasteiger partial charge in [-0.1, -0.05) is 17.3 Å². The fraction of sp³-hybridized carbons (Fsp3) is 0.125. The molecule has 2 aromatic rings. The van der Waals surface area contributed by atoms with E-state index in [1.807, 2.05) is 0 Å². The normalized spacial score (nSPS) is 16.7. The van der Waals surface area contributed by atoms with Crippen LogP contribution in [0.1, 0.15) is 12.0 Å². The molecule has 0 fully saturated rings. The van der Waals surface area contributed by atoms with E-state index in [4.69, 9.17) is 4.84 Å². The van der Waals surface area contributed by atoms with Crippen molar-refractivity contribution in [2.45, 2.75) is 12.5 Å². The largest absolute Gasteiger partial charge is 0.382 e. The molecule has 1 aliphatic heterocycles. The quantitative estimate of drug-likeness (QED) is 0.944. The van der Waals surface area contributed by atoms with Crippen molar-refractivity contribution < 1.29 is 22.8 Å². The van der Waals surface area contributed by atoms with Crippen LogP contribution in [0.5, 0.6) is 0 Å². The van der Waals surface area contributed by atoms with E-state index in [1.165, 1.54) is 18.2 Å². The zero-order valence-corrected chi connectivity index (χ0v) is 11.7. The Hall–Kier alpha value is -2.83. The molecule has 1 atom stereocenters. The van der Waals surface area contributed by atoms with Gasteiger partial charge in [-0.25, -0.2) is 13.2 Å². The predicted molar refractivity (Wildman–Crippen MR) is 77.4 cm³/mol. The fourth-order valence-corrected chi connectivity index (χ4v) is 2.21. The van der Waals surface area contributed by atoms with Crippen LogP contribution in [-0.4, -0.2) is 17.7 Å². The number of hydrogen-bond donors (Lipinski definition) is 1. The summed E-state index contributed by atoms with van der Waals surface area (Å²) in [5.41, 5.74) is 0.919. The van der Waals surface area contributed by atoms with Crippen LogP contribution in [-0.2, 0) is 9.63 Å². The number of oxime groups is 1. The molecule has 2 aromatic carbocycles. The van der Waals surface area contributed by atoms with Gasteiger partial charge in [0.2, 0.25) is 6.10 Å². The number of nitrogens with one attached hydrogen (secondary N) is 1. The molecule has 3 rings (SSSR count). The lowest BCUT2D eigenvalue weighted by atomic mass is 10.0. The summed E-state index contributed by atoms with van der Waals surface area (Å²) >= 11 is 0. The number of hydrogen-bond acceptors (Lipinski definition) is 3. The maximum Gasteiger partial charge on any atom is 0.268 e. The number of halogens is 3. The maximum atomic E-state index is 13.2. The topological polar surface area (TPSA) is 50.7 Å². The van der Waals surface area contributed by atoms with Crippen molar-refractivity contribution in [1.82, 2.24) is 0 Å². The van der Waals surface area contributed by atoms with Crippen LogP contribution in [0.2, 0.25) is 0 Å². The number of carbonyl (C=O) groups excluding carboxylic acids is 1. The highest BCUT2D eigenvalue weighted by Crippen LogP contribution is 2.20. The second-order valence-electron chi connectivity index (χ2n) is 4.99. The molecular weight excluding hydrogens is 309 g/mol. The Kier molecular flexibility index (Phi) is 4.01. The van der Waals surface area contributed by atoms with E-state index in [9.17, 15) is 18.0 Å². The Balaban J connectivity index is 1.67. The summed E-state index contributed by atoms with van der Waals surface area (Å²) < 4.78 is 39.4. The highest BCUT2D eigenvalue weighted by Gasteiger charge is 2.29. The first-order valence-corrected chi connectivity index (χ1v) is 6.77. The molecule has 0 saturated carbocycles. The molecule has 0 saturated heterocycles. The second-order valence-corrected chi connectivity index (χ2v) is 4.99. The molecule has 0 aliphatic carbocycles. The first-order chi connectivity index (χ1) is 11.0. The minimum absolute atomic E-state index is 0.0182. The van der Waals surface area contributed by atoms with Crippen LogP contribution in [0.3, 0.4) is 0 Å². The standard InChI is InChI=1S/C16H11F3N2O2/c17-10-3-1-2-9(4-10)14-8-15(23-21-14)16(22)20-13-6-11(18)5-12(19)7-13/h1-7,15H,8H2,(H,20,22)/t15-/m1/s1.